The first-order valence-corrected chi connectivity index (χ1v) is 7.07. The summed E-state index contributed by atoms with van der Waals surface area (Å²) in [6, 6.07) is 5.97. The van der Waals surface area contributed by atoms with Gasteiger partial charge in [-0.05, 0) is 44.9 Å². The van der Waals surface area contributed by atoms with E-state index < -0.39 is 0 Å². The van der Waals surface area contributed by atoms with Gasteiger partial charge in [-0.2, -0.15) is 9.72 Å². The zero-order valence-electron chi connectivity index (χ0n) is 11.6. The predicted octanol–water partition coefficient (Wildman–Crippen LogP) is 0.961. The van der Waals surface area contributed by atoms with Crippen LogP contribution in [0.1, 0.15) is 25.7 Å². The van der Waals surface area contributed by atoms with Crippen molar-refractivity contribution in [2.24, 2.45) is 4.99 Å². The number of carbonyl (C=O) groups excluding carboxylic acids is 1. The molecule has 6 heteroatoms. The zero-order valence-corrected chi connectivity index (χ0v) is 11.6. The van der Waals surface area contributed by atoms with E-state index in [1.54, 1.807) is 18.2 Å². The van der Waals surface area contributed by atoms with Crippen molar-refractivity contribution in [2.75, 3.05) is 7.05 Å². The molecular weight excluding hydrogens is 256 g/mol. The number of rotatable bonds is 1. The second-order valence-electron chi connectivity index (χ2n) is 5.68. The maximum Gasteiger partial charge on any atom is 0.343 e. The van der Waals surface area contributed by atoms with Crippen molar-refractivity contribution in [3.8, 4) is 0 Å². The molecular formula is C14H20N4O2. The third kappa shape index (κ3) is 2.56. The van der Waals surface area contributed by atoms with Crippen LogP contribution < -0.4 is 10.8 Å². The summed E-state index contributed by atoms with van der Waals surface area (Å²) in [4.78, 5) is 18.3. The maximum atomic E-state index is 11.9. The quantitative estimate of drug-likeness (QED) is 0.751. The number of pyridine rings is 1. The lowest BCUT2D eigenvalue weighted by Crippen LogP contribution is -2.48. The molecule has 2 aliphatic heterocycles. The number of piperidine rings is 1. The summed E-state index contributed by atoms with van der Waals surface area (Å²) >= 11 is 0. The molecule has 2 aliphatic rings. The number of nitrogens with zero attached hydrogens (tertiary/aromatic N) is 3. The first-order chi connectivity index (χ1) is 9.63. The Labute approximate surface area is 117 Å². The van der Waals surface area contributed by atoms with E-state index in [2.05, 4.69) is 22.3 Å². The van der Waals surface area contributed by atoms with E-state index in [-0.39, 0.29) is 17.6 Å². The first kappa shape index (κ1) is 13.2. The van der Waals surface area contributed by atoms with Gasteiger partial charge in [0.2, 0.25) is 0 Å². The molecule has 2 saturated heterocycles. The van der Waals surface area contributed by atoms with Crippen molar-refractivity contribution in [2.45, 2.75) is 43.8 Å². The summed E-state index contributed by atoms with van der Waals surface area (Å²) in [6.07, 6.45) is 5.87. The molecule has 2 fully saturated rings. The highest BCUT2D eigenvalue weighted by molar-refractivity contribution is 5.75. The van der Waals surface area contributed by atoms with Crippen LogP contribution in [0.25, 0.3) is 0 Å². The van der Waals surface area contributed by atoms with Crippen LogP contribution in [0.2, 0.25) is 0 Å². The Hall–Kier alpha value is -1.82. The first-order valence-electron chi connectivity index (χ1n) is 7.07. The molecule has 108 valence electrons. The lowest BCUT2D eigenvalue weighted by atomic mass is 9.98. The van der Waals surface area contributed by atoms with Crippen molar-refractivity contribution in [3.05, 3.63) is 29.9 Å². The zero-order chi connectivity index (χ0) is 14.1. The third-order valence-electron chi connectivity index (χ3n) is 4.46. The Kier molecular flexibility index (Phi) is 3.48. The Balaban J connectivity index is 1.66. The van der Waals surface area contributed by atoms with Gasteiger partial charge in [-0.3, -0.25) is 0 Å². The van der Waals surface area contributed by atoms with Crippen LogP contribution in [0.4, 0.5) is 4.79 Å². The highest BCUT2D eigenvalue weighted by Crippen LogP contribution is 2.34. The van der Waals surface area contributed by atoms with Crippen molar-refractivity contribution >= 4 is 6.03 Å². The fourth-order valence-electron chi connectivity index (χ4n) is 3.35. The fourth-order valence-corrected chi connectivity index (χ4v) is 3.35. The Morgan fingerprint density at radius 1 is 1.35 bits per heavy atom. The smallest absolute Gasteiger partial charge is 0.343 e. The Morgan fingerprint density at radius 2 is 2.05 bits per heavy atom. The third-order valence-corrected chi connectivity index (χ3v) is 4.46. The van der Waals surface area contributed by atoms with E-state index in [0.29, 0.717) is 12.1 Å². The van der Waals surface area contributed by atoms with Crippen LogP contribution in [0.3, 0.4) is 0 Å². The van der Waals surface area contributed by atoms with E-state index in [0.717, 1.165) is 17.6 Å². The van der Waals surface area contributed by atoms with E-state index in [9.17, 15) is 10.0 Å². The molecule has 0 aromatic carbocycles. The van der Waals surface area contributed by atoms with Crippen LogP contribution >= 0.6 is 0 Å². The summed E-state index contributed by atoms with van der Waals surface area (Å²) < 4.78 is 0.845. The number of aromatic nitrogens is 1. The standard InChI is InChI=1S/C14H20N4O2/c1-17-11-5-6-12(17)9-10(8-11)15-14(19)16-13-4-2-3-7-18(13)20/h2-4,7,10-12,20H,5-6,8-9H2,1H3,(H,15,19). The maximum absolute atomic E-state index is 11.9. The van der Waals surface area contributed by atoms with Gasteiger partial charge >= 0.3 is 6.03 Å². The summed E-state index contributed by atoms with van der Waals surface area (Å²) in [5.41, 5.74) is 0.237. The molecule has 2 unspecified atom stereocenters. The molecule has 1 aromatic heterocycles. The van der Waals surface area contributed by atoms with Gasteiger partial charge in [0.25, 0.3) is 0 Å². The number of hydrogen-bond acceptors (Lipinski definition) is 3. The minimum absolute atomic E-state index is 0.191. The minimum atomic E-state index is -0.382. The Bertz CT molecular complexity index is 554. The van der Waals surface area contributed by atoms with Gasteiger partial charge in [0, 0.05) is 24.3 Å². The van der Waals surface area contributed by atoms with Crippen molar-refractivity contribution < 1.29 is 10.0 Å². The highest BCUT2D eigenvalue weighted by atomic mass is 16.5. The average molecular weight is 276 g/mol. The molecule has 2 bridgehead atoms. The number of nitrogens with one attached hydrogen (secondary N) is 1. The van der Waals surface area contributed by atoms with Gasteiger partial charge in [0.05, 0.1) is 0 Å². The molecule has 3 heterocycles. The molecule has 2 atom stereocenters. The lowest BCUT2D eigenvalue weighted by molar-refractivity contribution is 0.150. The second kappa shape index (κ2) is 5.28. The molecule has 2 N–H and O–H groups in total. The topological polar surface area (TPSA) is 69.9 Å². The number of carbonyl (C=O) groups is 1. The largest absolute Gasteiger partial charge is 0.427 e. The second-order valence-corrected chi connectivity index (χ2v) is 5.68. The molecule has 3 rings (SSSR count). The van der Waals surface area contributed by atoms with Crippen molar-refractivity contribution in [1.29, 1.82) is 0 Å². The summed E-state index contributed by atoms with van der Waals surface area (Å²) in [5.74, 6) is 0. The fraction of sp³-hybridized carbons (Fsp3) is 0.571. The lowest BCUT2D eigenvalue weighted by Gasteiger charge is -2.36. The molecule has 0 spiro atoms. The van der Waals surface area contributed by atoms with Gasteiger partial charge in [-0.1, -0.05) is 6.07 Å². The van der Waals surface area contributed by atoms with Gasteiger partial charge in [0.1, 0.15) is 0 Å². The molecule has 20 heavy (non-hydrogen) atoms. The average Bonchev–Trinajstić information content (AvgIpc) is 2.63. The minimum Gasteiger partial charge on any atom is -0.427 e. The summed E-state index contributed by atoms with van der Waals surface area (Å²) in [6.45, 7) is 0. The SMILES string of the molecule is CN1C2CCC1CC(NC(=O)N=c1ccccn1O)C2. The van der Waals surface area contributed by atoms with E-state index >= 15 is 0 Å². The van der Waals surface area contributed by atoms with Gasteiger partial charge in [-0.25, -0.2) is 4.79 Å². The van der Waals surface area contributed by atoms with E-state index in [1.807, 2.05) is 0 Å². The monoisotopic (exact) mass is 276 g/mol. The van der Waals surface area contributed by atoms with Crippen LogP contribution in [0, 0.1) is 0 Å². The summed E-state index contributed by atoms with van der Waals surface area (Å²) in [5, 5.41) is 12.5. The number of fused-ring (bicyclic) bond motifs is 2. The Morgan fingerprint density at radius 3 is 2.70 bits per heavy atom. The van der Waals surface area contributed by atoms with E-state index in [1.165, 1.54) is 19.0 Å². The molecule has 0 aliphatic carbocycles. The van der Waals surface area contributed by atoms with Crippen LogP contribution in [-0.2, 0) is 0 Å². The van der Waals surface area contributed by atoms with Crippen LogP contribution in [0.5, 0.6) is 0 Å². The van der Waals surface area contributed by atoms with Crippen molar-refractivity contribution in [3.63, 3.8) is 0 Å². The number of amides is 2. The van der Waals surface area contributed by atoms with Gasteiger partial charge < -0.3 is 15.4 Å². The molecule has 6 nitrogen and oxygen atoms in total. The number of urea groups is 1. The molecule has 1 aromatic rings. The molecule has 2 amide bonds. The van der Waals surface area contributed by atoms with Crippen molar-refractivity contribution in [1.82, 2.24) is 14.9 Å². The highest BCUT2D eigenvalue weighted by Gasteiger charge is 2.38. The number of hydrogen-bond donors (Lipinski definition) is 2. The van der Waals surface area contributed by atoms with Crippen LogP contribution in [0.15, 0.2) is 29.4 Å². The van der Waals surface area contributed by atoms with Gasteiger partial charge in [-0.15, -0.1) is 0 Å². The van der Waals surface area contributed by atoms with Crippen LogP contribution in [-0.4, -0.2) is 46.0 Å². The molecule has 0 saturated carbocycles. The predicted molar refractivity (Wildman–Crippen MR) is 73.3 cm³/mol. The molecule has 0 radical (unpaired) electrons. The normalized spacial score (nSPS) is 30.4. The van der Waals surface area contributed by atoms with E-state index in [4.69, 9.17) is 0 Å². The summed E-state index contributed by atoms with van der Waals surface area (Å²) in [7, 11) is 2.17. The van der Waals surface area contributed by atoms with Gasteiger partial charge in [0.15, 0.2) is 5.49 Å².